The summed E-state index contributed by atoms with van der Waals surface area (Å²) in [5.74, 6) is 0. The quantitative estimate of drug-likeness (QED) is 0.845. The third-order valence-corrected chi connectivity index (χ3v) is 5.34. The largest absolute Gasteiger partial charge is 0.374 e. The fourth-order valence-electron chi connectivity index (χ4n) is 2.63. The van der Waals surface area contributed by atoms with E-state index in [0.717, 1.165) is 5.39 Å². The van der Waals surface area contributed by atoms with Crippen LogP contribution in [-0.4, -0.2) is 39.8 Å². The lowest BCUT2D eigenvalue weighted by atomic mass is 10.1. The fraction of sp³-hybridized carbons (Fsp3) is 0.235. The van der Waals surface area contributed by atoms with Crippen molar-refractivity contribution in [1.82, 2.24) is 4.98 Å². The molecule has 3 rings (SSSR count). The summed E-state index contributed by atoms with van der Waals surface area (Å²) in [5.41, 5.74) is 0.0752. The van der Waals surface area contributed by atoms with E-state index >= 15 is 0 Å². The second-order valence-corrected chi connectivity index (χ2v) is 7.22. The molecule has 1 aliphatic carbocycles. The monoisotopic (exact) mass is 362 g/mol. The van der Waals surface area contributed by atoms with Crippen molar-refractivity contribution in [2.45, 2.75) is 12.2 Å². The van der Waals surface area contributed by atoms with Crippen LogP contribution < -0.4 is 10.3 Å². The van der Waals surface area contributed by atoms with E-state index in [0.29, 0.717) is 5.52 Å². The van der Waals surface area contributed by atoms with Crippen LogP contribution in [0, 0.1) is 0 Å². The molecule has 25 heavy (non-hydrogen) atoms. The highest BCUT2D eigenvalue weighted by Gasteiger charge is 2.26. The molecule has 1 unspecified atom stereocenters. The normalized spacial score (nSPS) is 20.5. The Bertz CT molecular complexity index is 1010. The number of benzene rings is 1. The zero-order chi connectivity index (χ0) is 18.0. The minimum Gasteiger partial charge on any atom is -0.374 e. The molecule has 8 heteroatoms. The van der Waals surface area contributed by atoms with Gasteiger partial charge in [0, 0.05) is 25.1 Å². The molecule has 7 nitrogen and oxygen atoms in total. The molecule has 0 spiro atoms. The van der Waals surface area contributed by atoms with Gasteiger partial charge in [0.25, 0.3) is 15.6 Å². The lowest BCUT2D eigenvalue weighted by Gasteiger charge is -2.23. The molecule has 2 N–H and O–H groups in total. The van der Waals surface area contributed by atoms with Crippen LogP contribution in [0.15, 0.2) is 58.3 Å². The van der Waals surface area contributed by atoms with Crippen LogP contribution in [0.5, 0.6) is 0 Å². The average Bonchev–Trinajstić information content (AvgIpc) is 2.61. The average molecular weight is 362 g/mol. The van der Waals surface area contributed by atoms with Gasteiger partial charge in [-0.1, -0.05) is 24.3 Å². The Labute approximate surface area is 145 Å². The van der Waals surface area contributed by atoms with Crippen molar-refractivity contribution in [3.8, 4) is 0 Å². The van der Waals surface area contributed by atoms with Crippen molar-refractivity contribution in [2.75, 3.05) is 18.9 Å². The van der Waals surface area contributed by atoms with Crippen LogP contribution in [0.1, 0.15) is 0 Å². The summed E-state index contributed by atoms with van der Waals surface area (Å²) in [6.07, 6.45) is 3.59. The molecule has 0 aliphatic heterocycles. The summed E-state index contributed by atoms with van der Waals surface area (Å²) >= 11 is 0. The molecule has 0 bridgehead atoms. The zero-order valence-electron chi connectivity index (χ0n) is 13.7. The van der Waals surface area contributed by atoms with E-state index in [-0.39, 0.29) is 16.7 Å². The molecule has 0 amide bonds. The van der Waals surface area contributed by atoms with Crippen LogP contribution in [0.3, 0.4) is 0 Å². The van der Waals surface area contributed by atoms with Crippen molar-refractivity contribution >= 4 is 26.6 Å². The first-order valence-electron chi connectivity index (χ1n) is 7.55. The first kappa shape index (κ1) is 17.4. The van der Waals surface area contributed by atoms with E-state index in [1.54, 1.807) is 30.3 Å². The Morgan fingerprint density at radius 2 is 1.84 bits per heavy atom. The van der Waals surface area contributed by atoms with Crippen molar-refractivity contribution in [3.63, 3.8) is 0 Å². The number of sulfonamides is 1. The Morgan fingerprint density at radius 3 is 2.56 bits per heavy atom. The zero-order valence-corrected chi connectivity index (χ0v) is 14.5. The minimum atomic E-state index is -3.93. The summed E-state index contributed by atoms with van der Waals surface area (Å²) < 4.78 is 38.0. The van der Waals surface area contributed by atoms with Crippen molar-refractivity contribution in [2.24, 2.45) is 0 Å². The molecule has 0 saturated carbocycles. The van der Waals surface area contributed by atoms with Gasteiger partial charge in [0.15, 0.2) is 0 Å². The number of pyridine rings is 1. The van der Waals surface area contributed by atoms with Gasteiger partial charge in [-0.15, -0.1) is 0 Å². The summed E-state index contributed by atoms with van der Waals surface area (Å²) in [6, 6.07) is 8.63. The van der Waals surface area contributed by atoms with Gasteiger partial charge in [0.2, 0.25) is 0 Å². The second-order valence-electron chi connectivity index (χ2n) is 5.53. The van der Waals surface area contributed by atoms with Crippen LogP contribution >= 0.6 is 0 Å². The summed E-state index contributed by atoms with van der Waals surface area (Å²) in [7, 11) is -0.948. The SMILES string of the molecule is COC1C=CC(S(=O)(=O)Nc2cc3ccccc3[nH]c2=O)=C[C@@H]1OC. The highest BCUT2D eigenvalue weighted by Crippen LogP contribution is 2.22. The first-order valence-corrected chi connectivity index (χ1v) is 9.03. The number of aromatic amines is 1. The number of anilines is 1. The van der Waals surface area contributed by atoms with Gasteiger partial charge >= 0.3 is 0 Å². The van der Waals surface area contributed by atoms with E-state index in [9.17, 15) is 13.2 Å². The standard InChI is InChI=1S/C17H18N2O5S/c1-23-15-8-7-12(10-16(15)24-2)25(21,22)19-14-9-11-5-3-4-6-13(11)18-17(14)20/h3-10,15-16,19H,1-2H3,(H,18,20)/t15?,16-/m0/s1. The molecule has 1 aliphatic rings. The van der Waals surface area contributed by atoms with Crippen LogP contribution in [0.25, 0.3) is 10.9 Å². The molecule has 0 radical (unpaired) electrons. The Kier molecular flexibility index (Phi) is 4.76. The van der Waals surface area contributed by atoms with Crippen molar-refractivity contribution < 1.29 is 17.9 Å². The topological polar surface area (TPSA) is 97.5 Å². The van der Waals surface area contributed by atoms with Crippen LogP contribution in [0.4, 0.5) is 5.69 Å². The van der Waals surface area contributed by atoms with Crippen LogP contribution in [0.2, 0.25) is 0 Å². The maximum Gasteiger partial charge on any atom is 0.272 e. The predicted octanol–water partition coefficient (Wildman–Crippen LogP) is 1.75. The number of aromatic nitrogens is 1. The van der Waals surface area contributed by atoms with Gasteiger partial charge in [-0.2, -0.15) is 0 Å². The number of allylic oxidation sites excluding steroid dienone is 1. The summed E-state index contributed by atoms with van der Waals surface area (Å²) in [4.78, 5) is 14.8. The number of hydrogen-bond acceptors (Lipinski definition) is 5. The fourth-order valence-corrected chi connectivity index (χ4v) is 3.76. The lowest BCUT2D eigenvalue weighted by Crippen LogP contribution is -2.31. The number of ether oxygens (including phenoxy) is 2. The number of fused-ring (bicyclic) bond motifs is 1. The summed E-state index contributed by atoms with van der Waals surface area (Å²) in [6.45, 7) is 0. The highest BCUT2D eigenvalue weighted by atomic mass is 32.2. The van der Waals surface area contributed by atoms with E-state index in [1.807, 2.05) is 0 Å². The van der Waals surface area contributed by atoms with Crippen molar-refractivity contribution in [3.05, 3.63) is 63.8 Å². The molecule has 1 heterocycles. The lowest BCUT2D eigenvalue weighted by molar-refractivity contribution is 0.0137. The number of hydrogen-bond donors (Lipinski definition) is 2. The molecule has 0 saturated heterocycles. The molecule has 132 valence electrons. The third kappa shape index (κ3) is 3.51. The van der Waals surface area contributed by atoms with E-state index < -0.39 is 21.7 Å². The van der Waals surface area contributed by atoms with E-state index in [1.165, 1.54) is 32.4 Å². The maximum absolute atomic E-state index is 12.6. The third-order valence-electron chi connectivity index (χ3n) is 3.95. The highest BCUT2D eigenvalue weighted by molar-refractivity contribution is 7.96. The van der Waals surface area contributed by atoms with Crippen molar-refractivity contribution in [1.29, 1.82) is 0 Å². The van der Waals surface area contributed by atoms with Crippen LogP contribution in [-0.2, 0) is 19.5 Å². The molecule has 2 atom stereocenters. The number of methoxy groups -OCH3 is 2. The van der Waals surface area contributed by atoms with E-state index in [4.69, 9.17) is 9.47 Å². The van der Waals surface area contributed by atoms with Gasteiger partial charge < -0.3 is 14.5 Å². The van der Waals surface area contributed by atoms with Gasteiger partial charge in [-0.05, 0) is 24.3 Å². The second kappa shape index (κ2) is 6.83. The van der Waals surface area contributed by atoms with Gasteiger partial charge in [0.05, 0.1) is 4.91 Å². The molecule has 0 fully saturated rings. The number of H-pyrrole nitrogens is 1. The molecule has 1 aromatic carbocycles. The number of rotatable bonds is 5. The van der Waals surface area contributed by atoms with E-state index in [2.05, 4.69) is 9.71 Å². The Hall–Kier alpha value is -2.42. The maximum atomic E-state index is 12.6. The van der Waals surface area contributed by atoms with Gasteiger partial charge in [-0.3, -0.25) is 9.52 Å². The van der Waals surface area contributed by atoms with Gasteiger partial charge in [-0.25, -0.2) is 8.42 Å². The molecule has 1 aromatic heterocycles. The van der Waals surface area contributed by atoms with Gasteiger partial charge in [0.1, 0.15) is 17.9 Å². The Morgan fingerprint density at radius 1 is 1.12 bits per heavy atom. The Balaban J connectivity index is 1.95. The summed E-state index contributed by atoms with van der Waals surface area (Å²) in [5, 5.41) is 0.724. The first-order chi connectivity index (χ1) is 11.9. The minimum absolute atomic E-state index is 0.0141. The number of para-hydroxylation sites is 1. The predicted molar refractivity (Wildman–Crippen MR) is 95.9 cm³/mol. The molecular weight excluding hydrogens is 344 g/mol. The smallest absolute Gasteiger partial charge is 0.272 e. The molecule has 2 aromatic rings. The number of nitrogens with one attached hydrogen (secondary N) is 2. The molecular formula is C17H18N2O5S.